The maximum absolute atomic E-state index is 12.5. The zero-order valence-corrected chi connectivity index (χ0v) is 15.4. The van der Waals surface area contributed by atoms with Gasteiger partial charge in [-0.2, -0.15) is 0 Å². The van der Waals surface area contributed by atoms with Crippen LogP contribution < -0.4 is 4.74 Å². The van der Waals surface area contributed by atoms with E-state index >= 15 is 0 Å². The zero-order chi connectivity index (χ0) is 17.3. The van der Waals surface area contributed by atoms with Crippen molar-refractivity contribution >= 4 is 5.91 Å². The van der Waals surface area contributed by atoms with Gasteiger partial charge in [0.05, 0.1) is 7.11 Å². The van der Waals surface area contributed by atoms with Crippen LogP contribution in [0.2, 0.25) is 0 Å². The molecule has 132 valence electrons. The molecule has 1 saturated carbocycles. The molecule has 24 heavy (non-hydrogen) atoms. The van der Waals surface area contributed by atoms with Crippen LogP contribution in [0.25, 0.3) is 0 Å². The fourth-order valence-electron chi connectivity index (χ4n) is 4.66. The molecular formula is C20H30N2O2. The van der Waals surface area contributed by atoms with Crippen molar-refractivity contribution in [3.63, 3.8) is 0 Å². The second-order valence-electron chi connectivity index (χ2n) is 7.76. The van der Waals surface area contributed by atoms with E-state index < -0.39 is 0 Å². The first-order valence-electron chi connectivity index (χ1n) is 9.06. The predicted molar refractivity (Wildman–Crippen MR) is 96.1 cm³/mol. The average molecular weight is 330 g/mol. The molecule has 4 atom stereocenters. The highest BCUT2D eigenvalue weighted by Gasteiger charge is 2.50. The summed E-state index contributed by atoms with van der Waals surface area (Å²) < 4.78 is 5.21. The normalized spacial score (nSPS) is 29.4. The lowest BCUT2D eigenvalue weighted by atomic mass is 9.88. The first-order chi connectivity index (χ1) is 11.5. The van der Waals surface area contributed by atoms with Crippen LogP contribution in [0.15, 0.2) is 24.3 Å². The molecular weight excluding hydrogens is 300 g/mol. The molecule has 1 aliphatic heterocycles. The molecule has 4 nitrogen and oxygen atoms in total. The van der Waals surface area contributed by atoms with Crippen LogP contribution in [0.5, 0.6) is 5.75 Å². The lowest BCUT2D eigenvalue weighted by molar-refractivity contribution is -0.129. The number of likely N-dealkylation sites (tertiary alicyclic amines) is 1. The topological polar surface area (TPSA) is 32.8 Å². The number of rotatable bonds is 6. The van der Waals surface area contributed by atoms with E-state index in [0.29, 0.717) is 29.7 Å². The van der Waals surface area contributed by atoms with Crippen LogP contribution in [0.1, 0.15) is 25.3 Å². The van der Waals surface area contributed by atoms with Crippen molar-refractivity contribution in [1.29, 1.82) is 0 Å². The van der Waals surface area contributed by atoms with Gasteiger partial charge >= 0.3 is 0 Å². The summed E-state index contributed by atoms with van der Waals surface area (Å²) in [6.45, 7) is 4.30. The first-order valence-corrected chi connectivity index (χ1v) is 9.06. The summed E-state index contributed by atoms with van der Waals surface area (Å²) in [6, 6.07) is 8.64. The van der Waals surface area contributed by atoms with Crippen molar-refractivity contribution in [1.82, 2.24) is 9.80 Å². The summed E-state index contributed by atoms with van der Waals surface area (Å²) in [7, 11) is 5.96. The number of hydrogen-bond donors (Lipinski definition) is 0. The Balaban J connectivity index is 1.63. The average Bonchev–Trinajstić information content (AvgIpc) is 3.01. The molecule has 1 saturated heterocycles. The molecule has 1 aliphatic carbocycles. The maximum Gasteiger partial charge on any atom is 0.223 e. The van der Waals surface area contributed by atoms with Gasteiger partial charge in [0.25, 0.3) is 0 Å². The molecule has 0 radical (unpaired) electrons. The molecule has 0 bridgehead atoms. The largest absolute Gasteiger partial charge is 0.497 e. The van der Waals surface area contributed by atoms with Gasteiger partial charge in [0.1, 0.15) is 5.75 Å². The quantitative estimate of drug-likeness (QED) is 0.804. The number of methoxy groups -OCH3 is 1. The molecule has 3 rings (SSSR count). The van der Waals surface area contributed by atoms with Crippen molar-refractivity contribution in [3.05, 3.63) is 29.8 Å². The molecule has 0 unspecified atom stereocenters. The molecule has 1 aromatic rings. The Labute approximate surface area is 145 Å². The van der Waals surface area contributed by atoms with Crippen molar-refractivity contribution in [3.8, 4) is 5.75 Å². The van der Waals surface area contributed by atoms with Crippen LogP contribution in [0.4, 0.5) is 0 Å². The van der Waals surface area contributed by atoms with Gasteiger partial charge in [0, 0.05) is 25.6 Å². The summed E-state index contributed by atoms with van der Waals surface area (Å²) in [5.74, 6) is 3.14. The summed E-state index contributed by atoms with van der Waals surface area (Å²) in [6.07, 6.45) is 2.83. The molecule has 1 aromatic carbocycles. The highest BCUT2D eigenvalue weighted by molar-refractivity contribution is 5.79. The highest BCUT2D eigenvalue weighted by Crippen LogP contribution is 2.46. The van der Waals surface area contributed by atoms with Gasteiger partial charge in [-0.25, -0.2) is 0 Å². The monoisotopic (exact) mass is 330 g/mol. The Morgan fingerprint density at radius 1 is 1.25 bits per heavy atom. The minimum absolute atomic E-state index is 0.356. The molecule has 4 heteroatoms. The fourth-order valence-corrected chi connectivity index (χ4v) is 4.66. The molecule has 0 spiro atoms. The van der Waals surface area contributed by atoms with Crippen LogP contribution in [0.3, 0.4) is 0 Å². The van der Waals surface area contributed by atoms with E-state index in [1.165, 1.54) is 5.56 Å². The van der Waals surface area contributed by atoms with Gasteiger partial charge in [-0.3, -0.25) is 4.79 Å². The van der Waals surface area contributed by atoms with Crippen LogP contribution in [-0.2, 0) is 11.2 Å². The second kappa shape index (κ2) is 7.14. The third-order valence-corrected chi connectivity index (χ3v) is 5.90. The smallest absolute Gasteiger partial charge is 0.223 e. The summed E-state index contributed by atoms with van der Waals surface area (Å²) in [4.78, 5) is 17.0. The van der Waals surface area contributed by atoms with Gasteiger partial charge in [0.2, 0.25) is 5.91 Å². The first kappa shape index (κ1) is 17.3. The third kappa shape index (κ3) is 3.44. The number of fused-ring (bicyclic) bond motifs is 1. The van der Waals surface area contributed by atoms with Crippen LogP contribution in [-0.4, -0.2) is 56.0 Å². The van der Waals surface area contributed by atoms with Gasteiger partial charge in [-0.15, -0.1) is 0 Å². The molecule has 1 heterocycles. The van der Waals surface area contributed by atoms with Gasteiger partial charge < -0.3 is 14.5 Å². The Morgan fingerprint density at radius 3 is 2.58 bits per heavy atom. The molecule has 0 aromatic heterocycles. The minimum Gasteiger partial charge on any atom is -0.497 e. The number of carbonyl (C=O) groups excluding carboxylic acids is 1. The van der Waals surface area contributed by atoms with E-state index in [4.69, 9.17) is 4.74 Å². The molecule has 1 amide bonds. The van der Waals surface area contributed by atoms with Crippen molar-refractivity contribution in [2.45, 2.75) is 32.2 Å². The van der Waals surface area contributed by atoms with E-state index in [2.05, 4.69) is 43.0 Å². The Hall–Kier alpha value is -1.55. The Bertz CT molecular complexity index is 570. The zero-order valence-electron chi connectivity index (χ0n) is 15.4. The number of carbonyl (C=O) groups is 1. The summed E-state index contributed by atoms with van der Waals surface area (Å²) >= 11 is 0. The summed E-state index contributed by atoms with van der Waals surface area (Å²) in [5, 5.41) is 0. The molecule has 0 N–H and O–H groups in total. The fraction of sp³-hybridized carbons (Fsp3) is 0.650. The lowest BCUT2D eigenvalue weighted by Gasteiger charge is -2.25. The Morgan fingerprint density at radius 2 is 1.96 bits per heavy atom. The number of benzene rings is 1. The standard InChI is InChI=1S/C20H30N2O2/c1-14-11-19-17(18(14)13-21(2)3)12-20(23)22(19)10-9-15-5-7-16(24-4)8-6-15/h5-8,14,17-19H,9-13H2,1-4H3/t14-,17-,18+,19+/m0/s1. The van der Waals surface area contributed by atoms with Gasteiger partial charge in [0.15, 0.2) is 0 Å². The van der Waals surface area contributed by atoms with Crippen LogP contribution >= 0.6 is 0 Å². The number of amides is 1. The lowest BCUT2D eigenvalue weighted by Crippen LogP contribution is -2.35. The molecule has 2 fully saturated rings. The number of hydrogen-bond acceptors (Lipinski definition) is 3. The van der Waals surface area contributed by atoms with Crippen molar-refractivity contribution in [2.75, 3.05) is 34.3 Å². The summed E-state index contributed by atoms with van der Waals surface area (Å²) in [5.41, 5.74) is 1.27. The third-order valence-electron chi connectivity index (χ3n) is 5.90. The van der Waals surface area contributed by atoms with Crippen molar-refractivity contribution in [2.24, 2.45) is 17.8 Å². The van der Waals surface area contributed by atoms with E-state index in [9.17, 15) is 4.79 Å². The Kier molecular flexibility index (Phi) is 5.14. The highest BCUT2D eigenvalue weighted by atomic mass is 16.5. The second-order valence-corrected chi connectivity index (χ2v) is 7.76. The van der Waals surface area contributed by atoms with E-state index in [1.807, 2.05) is 12.1 Å². The van der Waals surface area contributed by atoms with Gasteiger partial charge in [-0.05, 0) is 62.4 Å². The van der Waals surface area contributed by atoms with Gasteiger partial charge in [-0.1, -0.05) is 19.1 Å². The van der Waals surface area contributed by atoms with E-state index in [-0.39, 0.29) is 0 Å². The van der Waals surface area contributed by atoms with Crippen LogP contribution in [0, 0.1) is 17.8 Å². The minimum atomic E-state index is 0.356. The predicted octanol–water partition coefficient (Wildman–Crippen LogP) is 2.67. The van der Waals surface area contributed by atoms with E-state index in [1.54, 1.807) is 7.11 Å². The number of nitrogens with zero attached hydrogens (tertiary/aromatic N) is 2. The SMILES string of the molecule is COc1ccc(CCN2C(=O)C[C@H]3[C@H](CN(C)C)[C@@H](C)C[C@H]32)cc1. The maximum atomic E-state index is 12.5. The van der Waals surface area contributed by atoms with E-state index in [0.717, 1.165) is 38.1 Å². The number of ether oxygens (including phenoxy) is 1. The van der Waals surface area contributed by atoms with Crippen molar-refractivity contribution < 1.29 is 9.53 Å². The molecule has 2 aliphatic rings.